The molecule has 0 saturated carbocycles. The van der Waals surface area contributed by atoms with Crippen molar-refractivity contribution in [3.63, 3.8) is 0 Å². The maximum Gasteiger partial charge on any atom is 0.420 e. The van der Waals surface area contributed by atoms with Crippen molar-refractivity contribution in [1.82, 2.24) is 19.3 Å². The fourth-order valence-corrected chi connectivity index (χ4v) is 3.03. The minimum absolute atomic E-state index is 0.152. The van der Waals surface area contributed by atoms with Crippen LogP contribution in [-0.2, 0) is 17.9 Å². The van der Waals surface area contributed by atoms with Crippen LogP contribution in [0.1, 0.15) is 5.56 Å². The highest BCUT2D eigenvalue weighted by molar-refractivity contribution is 5.97. The number of nitrogens with two attached hydrogens (primary N) is 1. The lowest BCUT2D eigenvalue weighted by Gasteiger charge is -2.28. The summed E-state index contributed by atoms with van der Waals surface area (Å²) in [6.07, 6.45) is -1.37. The van der Waals surface area contributed by atoms with Gasteiger partial charge in [0.25, 0.3) is 6.08 Å². The van der Waals surface area contributed by atoms with Gasteiger partial charge in [0.15, 0.2) is 0 Å². The topological polar surface area (TPSA) is 108 Å². The molecule has 4 rings (SSSR count). The summed E-state index contributed by atoms with van der Waals surface area (Å²) in [6, 6.07) is 12.0. The van der Waals surface area contributed by atoms with E-state index < -0.39 is 36.5 Å². The van der Waals surface area contributed by atoms with Crippen molar-refractivity contribution in [2.45, 2.75) is 13.2 Å². The smallest absolute Gasteiger partial charge is 0.420 e. The van der Waals surface area contributed by atoms with Crippen molar-refractivity contribution in [2.24, 2.45) is 5.73 Å². The molecule has 0 atom stereocenters. The maximum absolute atomic E-state index is 12.9. The number of pyridine rings is 1. The monoisotopic (exact) mass is 414 g/mol. The fraction of sp³-hybridized carbons (Fsp3) is 0.158. The van der Waals surface area contributed by atoms with E-state index in [2.05, 4.69) is 10.1 Å². The number of hydrogen-bond acceptors (Lipinski definition) is 6. The zero-order valence-electron chi connectivity index (χ0n) is 15.5. The summed E-state index contributed by atoms with van der Waals surface area (Å²) in [5.41, 5.74) is 5.66. The average Bonchev–Trinajstić information content (AvgIpc) is 3.11. The summed E-state index contributed by atoms with van der Waals surface area (Å²) in [5, 5.41) is 3.85. The quantitative estimate of drug-likeness (QED) is 0.687. The van der Waals surface area contributed by atoms with Gasteiger partial charge in [-0.25, -0.2) is 28.7 Å². The number of aromatic nitrogens is 4. The number of amides is 1. The first-order valence-corrected chi connectivity index (χ1v) is 8.89. The van der Waals surface area contributed by atoms with Gasteiger partial charge in [-0.1, -0.05) is 24.3 Å². The van der Waals surface area contributed by atoms with Gasteiger partial charge in [0.05, 0.1) is 12.2 Å². The van der Waals surface area contributed by atoms with E-state index in [4.69, 9.17) is 10.5 Å². The molecule has 9 nitrogen and oxygen atoms in total. The summed E-state index contributed by atoms with van der Waals surface area (Å²) in [6.45, 7) is -0.679. The van der Waals surface area contributed by atoms with Crippen LogP contribution in [0, 0.1) is 0 Å². The Balaban J connectivity index is 1.72. The van der Waals surface area contributed by atoms with Crippen LogP contribution < -0.4 is 16.3 Å². The second-order valence-electron chi connectivity index (χ2n) is 6.38. The average molecular weight is 414 g/mol. The molecule has 2 aromatic heterocycles. The van der Waals surface area contributed by atoms with Crippen LogP contribution in [-0.4, -0.2) is 32.0 Å². The molecule has 11 heteroatoms. The molecule has 0 saturated heterocycles. The zero-order valence-corrected chi connectivity index (χ0v) is 15.5. The van der Waals surface area contributed by atoms with Crippen LogP contribution in [0.4, 0.5) is 25.1 Å². The van der Waals surface area contributed by atoms with E-state index in [1.54, 1.807) is 24.3 Å². The van der Waals surface area contributed by atoms with E-state index in [0.29, 0.717) is 5.69 Å². The van der Waals surface area contributed by atoms with Gasteiger partial charge in [0.2, 0.25) is 0 Å². The van der Waals surface area contributed by atoms with Gasteiger partial charge in [0.1, 0.15) is 24.6 Å². The van der Waals surface area contributed by atoms with E-state index in [1.807, 2.05) is 12.1 Å². The molecule has 0 aliphatic carbocycles. The molecule has 3 heterocycles. The Bertz CT molecular complexity index is 1200. The van der Waals surface area contributed by atoms with Crippen LogP contribution >= 0.6 is 0 Å². The zero-order chi connectivity index (χ0) is 21.3. The first-order valence-electron chi connectivity index (χ1n) is 8.89. The molecule has 1 aromatic carbocycles. The van der Waals surface area contributed by atoms with E-state index >= 15 is 0 Å². The minimum Gasteiger partial charge on any atom is -0.444 e. The first kappa shape index (κ1) is 19.5. The molecule has 0 radical (unpaired) electrons. The molecule has 3 aromatic rings. The number of carbonyl (C=O) groups is 1. The molecule has 1 aliphatic heterocycles. The summed E-state index contributed by atoms with van der Waals surface area (Å²) < 4.78 is 32.9. The Morgan fingerprint density at radius 3 is 2.63 bits per heavy atom. The molecular weight excluding hydrogens is 398 g/mol. The van der Waals surface area contributed by atoms with Crippen LogP contribution in [0.3, 0.4) is 0 Å². The third-order valence-corrected chi connectivity index (χ3v) is 4.55. The van der Waals surface area contributed by atoms with Gasteiger partial charge in [-0.15, -0.1) is 0 Å². The van der Waals surface area contributed by atoms with Gasteiger partial charge >= 0.3 is 11.8 Å². The van der Waals surface area contributed by atoms with E-state index in [-0.39, 0.29) is 18.2 Å². The largest absolute Gasteiger partial charge is 0.444 e. The number of benzene rings is 1. The lowest BCUT2D eigenvalue weighted by molar-refractivity contribution is 0.145. The highest BCUT2D eigenvalue weighted by Crippen LogP contribution is 2.32. The van der Waals surface area contributed by atoms with Crippen LogP contribution in [0.2, 0.25) is 0 Å². The highest BCUT2D eigenvalue weighted by atomic mass is 19.3. The lowest BCUT2D eigenvalue weighted by Crippen LogP contribution is -2.32. The molecule has 1 aliphatic rings. The molecule has 154 valence electrons. The number of fused-ring (bicyclic) bond motifs is 1. The van der Waals surface area contributed by atoms with Crippen molar-refractivity contribution in [1.29, 1.82) is 0 Å². The number of anilines is 2. The Labute approximate surface area is 168 Å². The van der Waals surface area contributed by atoms with Gasteiger partial charge < -0.3 is 10.5 Å². The van der Waals surface area contributed by atoms with Crippen molar-refractivity contribution in [3.05, 3.63) is 76.5 Å². The van der Waals surface area contributed by atoms with E-state index in [1.165, 1.54) is 17.3 Å². The molecule has 1 amide bonds. The normalized spacial score (nSPS) is 13.0. The van der Waals surface area contributed by atoms with Crippen LogP contribution in [0.25, 0.3) is 5.82 Å². The molecule has 0 bridgehead atoms. The predicted molar refractivity (Wildman–Crippen MR) is 103 cm³/mol. The molecule has 30 heavy (non-hydrogen) atoms. The van der Waals surface area contributed by atoms with Crippen molar-refractivity contribution >= 4 is 17.6 Å². The molecule has 2 N–H and O–H groups in total. The van der Waals surface area contributed by atoms with Gasteiger partial charge in [-0.05, 0) is 18.2 Å². The number of carbonyl (C=O) groups excluding carboxylic acids is 1. The summed E-state index contributed by atoms with van der Waals surface area (Å²) >= 11 is 0. The molecular formula is C19H16F2N6O3. The van der Waals surface area contributed by atoms with Crippen molar-refractivity contribution in [3.8, 4) is 5.82 Å². The second-order valence-corrected chi connectivity index (χ2v) is 6.38. The summed E-state index contributed by atoms with van der Waals surface area (Å²) in [7, 11) is 0. The van der Waals surface area contributed by atoms with Crippen molar-refractivity contribution in [2.75, 3.05) is 11.4 Å². The Morgan fingerprint density at radius 2 is 1.87 bits per heavy atom. The Hall–Kier alpha value is -3.86. The lowest BCUT2D eigenvalue weighted by atomic mass is 10.1. The van der Waals surface area contributed by atoms with E-state index in [0.717, 1.165) is 14.8 Å². The van der Waals surface area contributed by atoms with Crippen molar-refractivity contribution < 1.29 is 18.3 Å². The Morgan fingerprint density at radius 1 is 1.10 bits per heavy atom. The van der Waals surface area contributed by atoms with Gasteiger partial charge in [-0.3, -0.25) is 0 Å². The standard InChI is InChI=1S/C19H16F2N6O3/c20-17(21)13(8-22)9-26-18(28)25(11-23-26)15-6-3-7-16(24-15)27-14-5-2-1-4-12(14)10-30-19(27)29/h1-7,11H,8-10,22H2. The van der Waals surface area contributed by atoms with E-state index in [9.17, 15) is 18.4 Å². The first-order chi connectivity index (χ1) is 14.5. The number of hydrogen-bond donors (Lipinski definition) is 1. The number of ether oxygens (including phenoxy) is 1. The SMILES string of the molecule is NCC(Cn1ncn(-c2cccc(N3C(=O)OCc4ccccc43)n2)c1=O)=C(F)F. The Kier molecular flexibility index (Phi) is 5.11. The fourth-order valence-electron chi connectivity index (χ4n) is 3.03. The summed E-state index contributed by atoms with van der Waals surface area (Å²) in [4.78, 5) is 30.7. The number of nitrogens with zero attached hydrogens (tertiary/aromatic N) is 5. The third-order valence-electron chi connectivity index (χ3n) is 4.55. The van der Waals surface area contributed by atoms with Crippen LogP contribution in [0.15, 0.2) is 65.2 Å². The maximum atomic E-state index is 12.9. The molecule has 0 fully saturated rings. The number of halogens is 2. The predicted octanol–water partition coefficient (Wildman–Crippen LogP) is 2.33. The highest BCUT2D eigenvalue weighted by Gasteiger charge is 2.28. The summed E-state index contributed by atoms with van der Waals surface area (Å²) in [5.74, 6) is 0.403. The minimum atomic E-state index is -1.94. The molecule has 0 unspecified atom stereocenters. The van der Waals surface area contributed by atoms with Crippen LogP contribution in [0.5, 0.6) is 0 Å². The van der Waals surface area contributed by atoms with Gasteiger partial charge in [-0.2, -0.15) is 13.9 Å². The van der Waals surface area contributed by atoms with Gasteiger partial charge in [0, 0.05) is 17.7 Å². The number of para-hydroxylation sites is 1. The second kappa shape index (κ2) is 7.87. The molecule has 0 spiro atoms. The number of rotatable bonds is 5. The third kappa shape index (κ3) is 3.46. The number of cyclic esters (lactones) is 1.